The fourth-order valence-electron chi connectivity index (χ4n) is 1.98. The number of ether oxygens (including phenoxy) is 3. The smallest absolute Gasteiger partial charge is 0.122 e. The van der Waals surface area contributed by atoms with Crippen LogP contribution in [-0.4, -0.2) is 40.6 Å². The molecule has 0 bridgehead atoms. The zero-order valence-electron chi connectivity index (χ0n) is 11.9. The van der Waals surface area contributed by atoms with Crippen molar-refractivity contribution in [3.63, 3.8) is 0 Å². The summed E-state index contributed by atoms with van der Waals surface area (Å²) in [4.78, 5) is 0. The molecule has 4 nitrogen and oxygen atoms in total. The maximum absolute atomic E-state index is 5.83. The highest BCUT2D eigenvalue weighted by atomic mass is 16.5. The first-order chi connectivity index (χ1) is 9.31. The fourth-order valence-corrected chi connectivity index (χ4v) is 1.98. The summed E-state index contributed by atoms with van der Waals surface area (Å²) in [5.41, 5.74) is 7.04. The van der Waals surface area contributed by atoms with Gasteiger partial charge in [0.2, 0.25) is 0 Å². The van der Waals surface area contributed by atoms with Gasteiger partial charge in [0.1, 0.15) is 5.75 Å². The third kappa shape index (κ3) is 6.05. The molecule has 0 aliphatic rings. The van der Waals surface area contributed by atoms with Gasteiger partial charge in [0.25, 0.3) is 0 Å². The Labute approximate surface area is 115 Å². The van der Waals surface area contributed by atoms with Gasteiger partial charge in [0.15, 0.2) is 0 Å². The van der Waals surface area contributed by atoms with Crippen molar-refractivity contribution < 1.29 is 14.2 Å². The van der Waals surface area contributed by atoms with Crippen molar-refractivity contribution in [1.82, 2.24) is 0 Å². The van der Waals surface area contributed by atoms with E-state index in [2.05, 4.69) is 6.07 Å². The third-order valence-electron chi connectivity index (χ3n) is 3.14. The van der Waals surface area contributed by atoms with Crippen LogP contribution in [0.4, 0.5) is 0 Å². The molecular formula is C15H25NO3. The van der Waals surface area contributed by atoms with Gasteiger partial charge >= 0.3 is 0 Å². The Hall–Kier alpha value is -1.10. The number of benzene rings is 1. The van der Waals surface area contributed by atoms with E-state index < -0.39 is 0 Å². The third-order valence-corrected chi connectivity index (χ3v) is 3.14. The summed E-state index contributed by atoms with van der Waals surface area (Å²) in [5.74, 6) is 1.35. The average Bonchev–Trinajstić information content (AvgIpc) is 2.46. The first-order valence-electron chi connectivity index (χ1n) is 6.70. The van der Waals surface area contributed by atoms with Crippen LogP contribution >= 0.6 is 0 Å². The lowest BCUT2D eigenvalue weighted by atomic mass is 9.96. The van der Waals surface area contributed by atoms with E-state index in [0.29, 0.717) is 25.7 Å². The van der Waals surface area contributed by atoms with Crippen LogP contribution in [-0.2, 0) is 15.9 Å². The number of para-hydroxylation sites is 1. The highest BCUT2D eigenvalue weighted by Crippen LogP contribution is 2.21. The van der Waals surface area contributed by atoms with Crippen LogP contribution in [0.1, 0.15) is 12.0 Å². The Bertz CT molecular complexity index is 344. The van der Waals surface area contributed by atoms with Crippen LogP contribution in [0.5, 0.6) is 5.75 Å². The van der Waals surface area contributed by atoms with E-state index in [1.54, 1.807) is 14.2 Å². The van der Waals surface area contributed by atoms with E-state index >= 15 is 0 Å². The molecule has 1 aromatic rings. The molecule has 19 heavy (non-hydrogen) atoms. The molecular weight excluding hydrogens is 242 g/mol. The number of nitrogens with two attached hydrogens (primary N) is 1. The maximum Gasteiger partial charge on any atom is 0.122 e. The quantitative estimate of drug-likeness (QED) is 0.658. The SMILES string of the molecule is COCCOCCC(CN)Cc1ccccc1OC. The highest BCUT2D eigenvalue weighted by molar-refractivity contribution is 5.33. The Morgan fingerprint density at radius 2 is 1.89 bits per heavy atom. The number of rotatable bonds is 10. The summed E-state index contributed by atoms with van der Waals surface area (Å²) in [6.45, 7) is 2.66. The molecule has 0 saturated carbocycles. The normalized spacial score (nSPS) is 12.4. The van der Waals surface area contributed by atoms with E-state index in [-0.39, 0.29) is 0 Å². The standard InChI is InChI=1S/C15H25NO3/c1-17-9-10-19-8-7-13(12-16)11-14-5-3-4-6-15(14)18-2/h3-6,13H,7-12,16H2,1-2H3. The fraction of sp³-hybridized carbons (Fsp3) is 0.600. The molecule has 0 amide bonds. The Kier molecular flexibility index (Phi) is 8.21. The van der Waals surface area contributed by atoms with Crippen LogP contribution in [0.15, 0.2) is 24.3 Å². The molecule has 1 rings (SSSR count). The molecule has 0 aromatic heterocycles. The molecule has 1 unspecified atom stereocenters. The molecule has 1 aromatic carbocycles. The Morgan fingerprint density at radius 3 is 2.58 bits per heavy atom. The van der Waals surface area contributed by atoms with Gasteiger partial charge in [0.05, 0.1) is 20.3 Å². The Balaban J connectivity index is 2.38. The predicted molar refractivity (Wildman–Crippen MR) is 76.6 cm³/mol. The topological polar surface area (TPSA) is 53.7 Å². The van der Waals surface area contributed by atoms with Crippen molar-refractivity contribution in [2.45, 2.75) is 12.8 Å². The zero-order valence-corrected chi connectivity index (χ0v) is 11.9. The van der Waals surface area contributed by atoms with Gasteiger partial charge in [-0.05, 0) is 36.9 Å². The Morgan fingerprint density at radius 1 is 1.11 bits per heavy atom. The van der Waals surface area contributed by atoms with Crippen LogP contribution in [0.3, 0.4) is 0 Å². The van der Waals surface area contributed by atoms with Gasteiger partial charge in [0, 0.05) is 13.7 Å². The summed E-state index contributed by atoms with van der Waals surface area (Å²) in [7, 11) is 3.37. The number of hydrogen-bond acceptors (Lipinski definition) is 4. The van der Waals surface area contributed by atoms with Crippen LogP contribution in [0.2, 0.25) is 0 Å². The predicted octanol–water partition coefficient (Wildman–Crippen LogP) is 1.87. The first kappa shape index (κ1) is 16.0. The highest BCUT2D eigenvalue weighted by Gasteiger charge is 2.11. The van der Waals surface area contributed by atoms with Gasteiger partial charge in [-0.2, -0.15) is 0 Å². The lowest BCUT2D eigenvalue weighted by Crippen LogP contribution is -2.19. The van der Waals surface area contributed by atoms with E-state index in [1.807, 2.05) is 18.2 Å². The summed E-state index contributed by atoms with van der Waals surface area (Å²) in [6.07, 6.45) is 1.88. The van der Waals surface area contributed by atoms with Crippen LogP contribution < -0.4 is 10.5 Å². The van der Waals surface area contributed by atoms with Crippen molar-refractivity contribution in [1.29, 1.82) is 0 Å². The molecule has 108 valence electrons. The molecule has 0 aliphatic carbocycles. The van der Waals surface area contributed by atoms with Crippen molar-refractivity contribution in [2.24, 2.45) is 11.7 Å². The van der Waals surface area contributed by atoms with Crippen molar-refractivity contribution in [2.75, 3.05) is 40.6 Å². The molecule has 0 fully saturated rings. The van der Waals surface area contributed by atoms with Gasteiger partial charge in [-0.25, -0.2) is 0 Å². The first-order valence-corrected chi connectivity index (χ1v) is 6.70. The largest absolute Gasteiger partial charge is 0.496 e. The molecule has 0 radical (unpaired) electrons. The minimum absolute atomic E-state index is 0.416. The molecule has 0 saturated heterocycles. The van der Waals surface area contributed by atoms with E-state index in [1.165, 1.54) is 5.56 Å². The van der Waals surface area contributed by atoms with Crippen LogP contribution in [0.25, 0.3) is 0 Å². The molecule has 0 aliphatic heterocycles. The molecule has 0 spiro atoms. The van der Waals surface area contributed by atoms with Crippen molar-refractivity contribution in [3.05, 3.63) is 29.8 Å². The van der Waals surface area contributed by atoms with Gasteiger partial charge in [-0.1, -0.05) is 18.2 Å². The molecule has 2 N–H and O–H groups in total. The number of hydrogen-bond donors (Lipinski definition) is 1. The zero-order chi connectivity index (χ0) is 13.9. The number of methoxy groups -OCH3 is 2. The second kappa shape index (κ2) is 9.78. The van der Waals surface area contributed by atoms with Crippen molar-refractivity contribution >= 4 is 0 Å². The average molecular weight is 267 g/mol. The monoisotopic (exact) mass is 267 g/mol. The van der Waals surface area contributed by atoms with Gasteiger partial charge < -0.3 is 19.9 Å². The van der Waals surface area contributed by atoms with Crippen LogP contribution in [0, 0.1) is 5.92 Å². The lowest BCUT2D eigenvalue weighted by molar-refractivity contribution is 0.0640. The minimum atomic E-state index is 0.416. The van der Waals surface area contributed by atoms with E-state index in [4.69, 9.17) is 19.9 Å². The second-order valence-corrected chi connectivity index (χ2v) is 4.51. The summed E-state index contributed by atoms with van der Waals surface area (Å²) < 4.78 is 15.8. The van der Waals surface area contributed by atoms with E-state index in [0.717, 1.165) is 25.2 Å². The van der Waals surface area contributed by atoms with Gasteiger partial charge in [-0.15, -0.1) is 0 Å². The van der Waals surface area contributed by atoms with Gasteiger partial charge in [-0.3, -0.25) is 0 Å². The maximum atomic E-state index is 5.83. The van der Waals surface area contributed by atoms with Crippen molar-refractivity contribution in [3.8, 4) is 5.75 Å². The minimum Gasteiger partial charge on any atom is -0.496 e. The lowest BCUT2D eigenvalue weighted by Gasteiger charge is -2.16. The summed E-state index contributed by atoms with van der Waals surface area (Å²) >= 11 is 0. The second-order valence-electron chi connectivity index (χ2n) is 4.51. The van der Waals surface area contributed by atoms with E-state index in [9.17, 15) is 0 Å². The summed E-state index contributed by atoms with van der Waals surface area (Å²) in [5, 5.41) is 0. The molecule has 1 atom stereocenters. The summed E-state index contributed by atoms with van der Waals surface area (Å²) in [6, 6.07) is 8.08. The molecule has 0 heterocycles. The molecule has 4 heteroatoms.